The highest BCUT2D eigenvalue weighted by Gasteiger charge is 1.94. The standard InChI is InChI=1S/C4H8O2.C2H6O/c1-2-6-4-3-5-1;1-2-3/h1-4H2;3H,2H2,1H3. The lowest BCUT2D eigenvalue weighted by Crippen LogP contribution is -2.16. The molecule has 9 heavy (non-hydrogen) atoms. The molecule has 0 aliphatic carbocycles. The molecule has 0 bridgehead atoms. The Morgan fingerprint density at radius 2 is 1.33 bits per heavy atom. The second kappa shape index (κ2) is 7.88. The highest BCUT2D eigenvalue weighted by Crippen LogP contribution is 1.85. The van der Waals surface area contributed by atoms with Crippen molar-refractivity contribution in [1.82, 2.24) is 0 Å². The van der Waals surface area contributed by atoms with Gasteiger partial charge in [0, 0.05) is 6.61 Å². The first-order valence-electron chi connectivity index (χ1n) is 3.18. The minimum Gasteiger partial charge on any atom is -0.397 e. The highest BCUT2D eigenvalue weighted by atomic mass is 16.6. The van der Waals surface area contributed by atoms with Gasteiger partial charge in [-0.1, -0.05) is 0 Å². The van der Waals surface area contributed by atoms with Gasteiger partial charge in [0.25, 0.3) is 0 Å². The number of aliphatic hydroxyl groups excluding tert-OH is 1. The fourth-order valence-electron chi connectivity index (χ4n) is 0.440. The van der Waals surface area contributed by atoms with E-state index in [1.165, 1.54) is 0 Å². The Morgan fingerprint density at radius 1 is 1.11 bits per heavy atom. The van der Waals surface area contributed by atoms with Gasteiger partial charge in [-0.05, 0) is 6.92 Å². The molecule has 1 aliphatic heterocycles. The van der Waals surface area contributed by atoms with E-state index in [1.54, 1.807) is 6.92 Å². The molecule has 0 unspecified atom stereocenters. The summed E-state index contributed by atoms with van der Waals surface area (Å²) in [6.45, 7) is 5.04. The van der Waals surface area contributed by atoms with Crippen LogP contribution in [0.1, 0.15) is 6.92 Å². The first kappa shape index (κ1) is 8.88. The number of hydrogen-bond acceptors (Lipinski definition) is 3. The average molecular weight is 134 g/mol. The molecule has 3 heteroatoms. The highest BCUT2D eigenvalue weighted by molar-refractivity contribution is 4.37. The lowest BCUT2D eigenvalue weighted by atomic mass is 10.6. The number of hydrogen-bond donors (Lipinski definition) is 1. The zero-order valence-corrected chi connectivity index (χ0v) is 5.80. The van der Waals surface area contributed by atoms with Crippen LogP contribution >= 0.6 is 0 Å². The van der Waals surface area contributed by atoms with Gasteiger partial charge in [-0.2, -0.15) is 0 Å². The molecule has 3 nitrogen and oxygen atoms in total. The Bertz CT molecular complexity index is 32.1. The molecule has 1 saturated heterocycles. The quantitative estimate of drug-likeness (QED) is 0.508. The van der Waals surface area contributed by atoms with Crippen molar-refractivity contribution in [3.05, 3.63) is 0 Å². The molecule has 0 aromatic carbocycles. The van der Waals surface area contributed by atoms with Crippen molar-refractivity contribution < 1.29 is 14.6 Å². The summed E-state index contributed by atoms with van der Waals surface area (Å²) in [4.78, 5) is 0. The summed E-state index contributed by atoms with van der Waals surface area (Å²) in [6.07, 6.45) is 0. The molecule has 1 rings (SSSR count). The maximum atomic E-state index is 7.57. The summed E-state index contributed by atoms with van der Waals surface area (Å²) < 4.78 is 9.89. The monoisotopic (exact) mass is 134 g/mol. The molecule has 0 spiro atoms. The zero-order chi connectivity index (χ0) is 6.95. The Hall–Kier alpha value is -0.120. The summed E-state index contributed by atoms with van der Waals surface area (Å²) >= 11 is 0. The summed E-state index contributed by atoms with van der Waals surface area (Å²) in [7, 11) is 0. The Morgan fingerprint density at radius 3 is 1.44 bits per heavy atom. The van der Waals surface area contributed by atoms with E-state index in [0.717, 1.165) is 26.4 Å². The molecule has 0 aromatic rings. The van der Waals surface area contributed by atoms with Gasteiger partial charge in [0.05, 0.1) is 26.4 Å². The van der Waals surface area contributed by atoms with Crippen LogP contribution in [0.2, 0.25) is 0 Å². The van der Waals surface area contributed by atoms with Crippen molar-refractivity contribution in [2.24, 2.45) is 0 Å². The van der Waals surface area contributed by atoms with Crippen LogP contribution in [0.25, 0.3) is 0 Å². The summed E-state index contributed by atoms with van der Waals surface area (Å²) in [6, 6.07) is 0. The third-order valence-corrected chi connectivity index (χ3v) is 0.744. The smallest absolute Gasteiger partial charge is 0.0701 e. The van der Waals surface area contributed by atoms with Gasteiger partial charge in [0.1, 0.15) is 0 Å². The number of aliphatic hydroxyl groups is 1. The minimum absolute atomic E-state index is 0.250. The topological polar surface area (TPSA) is 38.7 Å². The van der Waals surface area contributed by atoms with E-state index in [2.05, 4.69) is 0 Å². The van der Waals surface area contributed by atoms with Crippen molar-refractivity contribution in [2.45, 2.75) is 6.92 Å². The molecule has 1 N–H and O–H groups in total. The van der Waals surface area contributed by atoms with Gasteiger partial charge in [-0.15, -0.1) is 0 Å². The molecule has 0 saturated carbocycles. The van der Waals surface area contributed by atoms with Crippen molar-refractivity contribution in [1.29, 1.82) is 0 Å². The SMILES string of the molecule is C1COCCO1.CCO. The van der Waals surface area contributed by atoms with Crippen LogP contribution < -0.4 is 0 Å². The van der Waals surface area contributed by atoms with E-state index < -0.39 is 0 Å². The van der Waals surface area contributed by atoms with Crippen molar-refractivity contribution in [2.75, 3.05) is 33.0 Å². The molecule has 1 aliphatic rings. The van der Waals surface area contributed by atoms with E-state index in [0.29, 0.717) is 0 Å². The lowest BCUT2D eigenvalue weighted by Gasteiger charge is -2.09. The molecule has 0 atom stereocenters. The van der Waals surface area contributed by atoms with Crippen LogP contribution in [-0.2, 0) is 9.47 Å². The second-order valence-electron chi connectivity index (χ2n) is 1.54. The number of ether oxygens (including phenoxy) is 2. The number of rotatable bonds is 0. The van der Waals surface area contributed by atoms with Gasteiger partial charge in [0.15, 0.2) is 0 Å². The van der Waals surface area contributed by atoms with Gasteiger partial charge in [-0.3, -0.25) is 0 Å². The molecule has 0 aromatic heterocycles. The van der Waals surface area contributed by atoms with Crippen molar-refractivity contribution in [3.8, 4) is 0 Å². The van der Waals surface area contributed by atoms with Gasteiger partial charge in [0.2, 0.25) is 0 Å². The Balaban J connectivity index is 0.000000187. The van der Waals surface area contributed by atoms with Crippen LogP contribution in [0.5, 0.6) is 0 Å². The second-order valence-corrected chi connectivity index (χ2v) is 1.54. The van der Waals surface area contributed by atoms with Gasteiger partial charge < -0.3 is 14.6 Å². The predicted molar refractivity (Wildman–Crippen MR) is 34.4 cm³/mol. The Labute approximate surface area is 55.6 Å². The van der Waals surface area contributed by atoms with Crippen LogP contribution in [-0.4, -0.2) is 38.1 Å². The van der Waals surface area contributed by atoms with Crippen LogP contribution in [0.3, 0.4) is 0 Å². The van der Waals surface area contributed by atoms with Crippen LogP contribution in [0, 0.1) is 0 Å². The fourth-order valence-corrected chi connectivity index (χ4v) is 0.440. The lowest BCUT2D eigenvalue weighted by molar-refractivity contribution is -0.0334. The zero-order valence-electron chi connectivity index (χ0n) is 5.80. The summed E-state index contributed by atoms with van der Waals surface area (Å²) in [5, 5.41) is 7.57. The third kappa shape index (κ3) is 7.88. The van der Waals surface area contributed by atoms with E-state index in [9.17, 15) is 0 Å². The van der Waals surface area contributed by atoms with Gasteiger partial charge in [-0.25, -0.2) is 0 Å². The first-order chi connectivity index (χ1) is 4.41. The first-order valence-corrected chi connectivity index (χ1v) is 3.18. The van der Waals surface area contributed by atoms with Crippen molar-refractivity contribution in [3.63, 3.8) is 0 Å². The normalized spacial score (nSPS) is 18.0. The van der Waals surface area contributed by atoms with E-state index in [1.807, 2.05) is 0 Å². The minimum atomic E-state index is 0.250. The van der Waals surface area contributed by atoms with Crippen molar-refractivity contribution >= 4 is 0 Å². The largest absolute Gasteiger partial charge is 0.397 e. The van der Waals surface area contributed by atoms with E-state index in [-0.39, 0.29) is 6.61 Å². The molecule has 56 valence electrons. The molecular formula is C6H14O3. The van der Waals surface area contributed by atoms with Crippen LogP contribution in [0.4, 0.5) is 0 Å². The maximum absolute atomic E-state index is 7.57. The molecule has 1 heterocycles. The predicted octanol–water partition coefficient (Wildman–Crippen LogP) is 0.0318. The summed E-state index contributed by atoms with van der Waals surface area (Å²) in [5.41, 5.74) is 0. The fraction of sp³-hybridized carbons (Fsp3) is 1.00. The maximum Gasteiger partial charge on any atom is 0.0701 e. The van der Waals surface area contributed by atoms with Gasteiger partial charge >= 0.3 is 0 Å². The summed E-state index contributed by atoms with van der Waals surface area (Å²) in [5.74, 6) is 0. The van der Waals surface area contributed by atoms with Crippen LogP contribution in [0.15, 0.2) is 0 Å². The molecule has 1 fully saturated rings. The third-order valence-electron chi connectivity index (χ3n) is 0.744. The Kier molecular flexibility index (Phi) is 7.77. The average Bonchev–Trinajstić information content (AvgIpc) is 1.93. The molecule has 0 amide bonds. The molecule has 0 radical (unpaired) electrons. The van der Waals surface area contributed by atoms with E-state index >= 15 is 0 Å². The van der Waals surface area contributed by atoms with E-state index in [4.69, 9.17) is 14.6 Å². The molecular weight excluding hydrogens is 120 g/mol.